The first-order valence-electron chi connectivity index (χ1n) is 5.71. The number of carbonyl (C=O) groups is 2. The third-order valence-corrected chi connectivity index (χ3v) is 3.55. The van der Waals surface area contributed by atoms with Gasteiger partial charge in [0.25, 0.3) is 11.8 Å². The Morgan fingerprint density at radius 2 is 1.84 bits per heavy atom. The van der Waals surface area contributed by atoms with Gasteiger partial charge in [0.1, 0.15) is 5.57 Å². The zero-order valence-corrected chi connectivity index (χ0v) is 10.7. The fourth-order valence-electron chi connectivity index (χ4n) is 1.83. The molecule has 0 atom stereocenters. The molecule has 3 rings (SSSR count). The fraction of sp³-hybridized carbons (Fsp3) is 0. The number of hydrogen-bond acceptors (Lipinski definition) is 3. The molecule has 0 radical (unpaired) electrons. The van der Waals surface area contributed by atoms with Crippen LogP contribution in [-0.4, -0.2) is 11.8 Å². The van der Waals surface area contributed by atoms with E-state index in [1.807, 2.05) is 35.7 Å². The molecule has 1 saturated heterocycles. The van der Waals surface area contributed by atoms with Crippen molar-refractivity contribution in [2.75, 3.05) is 5.01 Å². The topological polar surface area (TPSA) is 49.4 Å². The predicted molar refractivity (Wildman–Crippen MR) is 74.4 cm³/mol. The van der Waals surface area contributed by atoms with Crippen LogP contribution in [-0.2, 0) is 9.59 Å². The van der Waals surface area contributed by atoms with E-state index < -0.39 is 0 Å². The number of amides is 2. The van der Waals surface area contributed by atoms with Crippen LogP contribution in [0.1, 0.15) is 4.88 Å². The van der Waals surface area contributed by atoms with E-state index in [-0.39, 0.29) is 17.4 Å². The summed E-state index contributed by atoms with van der Waals surface area (Å²) in [5.74, 6) is -0.702. The Bertz CT molecular complexity index is 647. The van der Waals surface area contributed by atoms with Gasteiger partial charge in [-0.15, -0.1) is 11.3 Å². The zero-order chi connectivity index (χ0) is 13.2. The van der Waals surface area contributed by atoms with Crippen molar-refractivity contribution in [2.24, 2.45) is 0 Å². The second-order valence-electron chi connectivity index (χ2n) is 3.99. The van der Waals surface area contributed by atoms with Gasteiger partial charge in [-0.3, -0.25) is 15.0 Å². The first kappa shape index (κ1) is 11.7. The highest BCUT2D eigenvalue weighted by molar-refractivity contribution is 7.10. The molecule has 2 heterocycles. The van der Waals surface area contributed by atoms with E-state index >= 15 is 0 Å². The van der Waals surface area contributed by atoms with Gasteiger partial charge in [-0.2, -0.15) is 0 Å². The minimum Gasteiger partial charge on any atom is -0.267 e. The summed E-state index contributed by atoms with van der Waals surface area (Å²) < 4.78 is 0. The van der Waals surface area contributed by atoms with E-state index in [0.29, 0.717) is 5.69 Å². The van der Waals surface area contributed by atoms with Crippen LogP contribution in [0.5, 0.6) is 0 Å². The number of hydrazine groups is 1. The molecule has 0 bridgehead atoms. The summed E-state index contributed by atoms with van der Waals surface area (Å²) in [4.78, 5) is 25.0. The number of anilines is 1. The Balaban J connectivity index is 1.94. The summed E-state index contributed by atoms with van der Waals surface area (Å²) in [5.41, 5.74) is 3.37. The van der Waals surface area contributed by atoms with Crippen LogP contribution in [0.2, 0.25) is 0 Å². The average Bonchev–Trinajstić information content (AvgIpc) is 3.03. The molecule has 4 nitrogen and oxygen atoms in total. The molecule has 2 aromatic rings. The van der Waals surface area contributed by atoms with Crippen LogP contribution < -0.4 is 10.4 Å². The Morgan fingerprint density at radius 1 is 1.05 bits per heavy atom. The highest BCUT2D eigenvalue weighted by Crippen LogP contribution is 2.22. The second kappa shape index (κ2) is 4.70. The molecule has 0 aliphatic carbocycles. The molecule has 0 saturated carbocycles. The standard InChI is InChI=1S/C14H10N2O2S/c17-13-12(9-11-7-4-8-19-11)14(18)16(15-13)10-5-2-1-3-6-10/h1-9H,(H,15,17)/b12-9+. The maximum Gasteiger partial charge on any atom is 0.282 e. The molecule has 2 amide bonds. The Morgan fingerprint density at radius 3 is 2.53 bits per heavy atom. The van der Waals surface area contributed by atoms with Crippen molar-refractivity contribution in [3.8, 4) is 0 Å². The van der Waals surface area contributed by atoms with Gasteiger partial charge in [-0.05, 0) is 29.7 Å². The largest absolute Gasteiger partial charge is 0.282 e. The van der Waals surface area contributed by atoms with Crippen LogP contribution in [0.25, 0.3) is 6.08 Å². The molecule has 1 fully saturated rings. The number of benzene rings is 1. The Hall–Kier alpha value is -2.40. The maximum absolute atomic E-state index is 12.2. The fourth-order valence-corrected chi connectivity index (χ4v) is 2.49. The molecule has 1 aliphatic rings. The van der Waals surface area contributed by atoms with Crippen LogP contribution in [0.3, 0.4) is 0 Å². The molecule has 1 N–H and O–H groups in total. The van der Waals surface area contributed by atoms with Crippen molar-refractivity contribution >= 4 is 34.9 Å². The van der Waals surface area contributed by atoms with Gasteiger partial charge < -0.3 is 0 Å². The Kier molecular flexibility index (Phi) is 2.89. The van der Waals surface area contributed by atoms with Gasteiger partial charge >= 0.3 is 0 Å². The van der Waals surface area contributed by atoms with Gasteiger partial charge in [0.05, 0.1) is 5.69 Å². The highest BCUT2D eigenvalue weighted by Gasteiger charge is 2.34. The van der Waals surface area contributed by atoms with Crippen molar-refractivity contribution < 1.29 is 9.59 Å². The summed E-state index contributed by atoms with van der Waals surface area (Å²) in [6.07, 6.45) is 1.62. The van der Waals surface area contributed by atoms with Crippen molar-refractivity contribution in [3.05, 3.63) is 58.3 Å². The van der Waals surface area contributed by atoms with Crippen molar-refractivity contribution in [3.63, 3.8) is 0 Å². The molecule has 94 valence electrons. The lowest BCUT2D eigenvalue weighted by atomic mass is 10.2. The zero-order valence-electron chi connectivity index (χ0n) is 9.87. The highest BCUT2D eigenvalue weighted by atomic mass is 32.1. The van der Waals surface area contributed by atoms with E-state index in [2.05, 4.69) is 5.43 Å². The Labute approximate surface area is 113 Å². The van der Waals surface area contributed by atoms with Crippen LogP contribution in [0.15, 0.2) is 53.4 Å². The summed E-state index contributed by atoms with van der Waals surface area (Å²) in [5, 5.41) is 3.17. The molecule has 1 aromatic carbocycles. The van der Waals surface area contributed by atoms with E-state index in [1.54, 1.807) is 18.2 Å². The predicted octanol–water partition coefficient (Wildman–Crippen LogP) is 2.21. The van der Waals surface area contributed by atoms with Crippen molar-refractivity contribution in [1.82, 2.24) is 5.43 Å². The van der Waals surface area contributed by atoms with E-state index in [9.17, 15) is 9.59 Å². The smallest absolute Gasteiger partial charge is 0.267 e. The normalized spacial score (nSPS) is 17.1. The number of nitrogens with zero attached hydrogens (tertiary/aromatic N) is 1. The van der Waals surface area contributed by atoms with E-state index in [4.69, 9.17) is 0 Å². The van der Waals surface area contributed by atoms with E-state index in [0.717, 1.165) is 4.88 Å². The van der Waals surface area contributed by atoms with Gasteiger partial charge in [-0.1, -0.05) is 24.3 Å². The molecular weight excluding hydrogens is 260 g/mol. The lowest BCUT2D eigenvalue weighted by Crippen LogP contribution is -2.35. The number of thiophene rings is 1. The molecule has 1 aromatic heterocycles. The van der Waals surface area contributed by atoms with Gasteiger partial charge in [0, 0.05) is 4.88 Å². The molecule has 0 spiro atoms. The van der Waals surface area contributed by atoms with Crippen LogP contribution in [0, 0.1) is 0 Å². The molecule has 0 unspecified atom stereocenters. The van der Waals surface area contributed by atoms with Gasteiger partial charge in [0.2, 0.25) is 0 Å². The SMILES string of the molecule is O=C1NN(c2ccccc2)C(=O)/C1=C/c1cccs1. The lowest BCUT2D eigenvalue weighted by Gasteiger charge is -2.13. The monoisotopic (exact) mass is 270 g/mol. The average molecular weight is 270 g/mol. The summed E-state index contributed by atoms with van der Waals surface area (Å²) in [7, 11) is 0. The number of nitrogens with one attached hydrogen (secondary N) is 1. The summed E-state index contributed by atoms with van der Waals surface area (Å²) >= 11 is 1.48. The number of hydrogen-bond donors (Lipinski definition) is 1. The second-order valence-corrected chi connectivity index (χ2v) is 4.97. The number of para-hydroxylation sites is 1. The van der Waals surface area contributed by atoms with E-state index in [1.165, 1.54) is 16.3 Å². The molecule has 1 aliphatic heterocycles. The maximum atomic E-state index is 12.2. The summed E-state index contributed by atoms with van der Waals surface area (Å²) in [6.45, 7) is 0. The third-order valence-electron chi connectivity index (χ3n) is 2.74. The molecule has 19 heavy (non-hydrogen) atoms. The number of carbonyl (C=O) groups excluding carboxylic acids is 2. The molecular formula is C14H10N2O2S. The first-order valence-corrected chi connectivity index (χ1v) is 6.59. The van der Waals surface area contributed by atoms with Gasteiger partial charge in [0.15, 0.2) is 0 Å². The van der Waals surface area contributed by atoms with Crippen molar-refractivity contribution in [1.29, 1.82) is 0 Å². The number of rotatable bonds is 2. The summed E-state index contributed by atoms with van der Waals surface area (Å²) in [6, 6.07) is 12.8. The molecule has 5 heteroatoms. The van der Waals surface area contributed by atoms with Crippen molar-refractivity contribution in [2.45, 2.75) is 0 Å². The quantitative estimate of drug-likeness (QED) is 0.672. The van der Waals surface area contributed by atoms with Crippen LogP contribution >= 0.6 is 11.3 Å². The van der Waals surface area contributed by atoms with Crippen LogP contribution in [0.4, 0.5) is 5.69 Å². The lowest BCUT2D eigenvalue weighted by molar-refractivity contribution is -0.117. The first-order chi connectivity index (χ1) is 9.25. The minimum absolute atomic E-state index is 0.159. The minimum atomic E-state index is -0.373. The third kappa shape index (κ3) is 2.15. The van der Waals surface area contributed by atoms with Gasteiger partial charge in [-0.25, -0.2) is 5.01 Å².